The van der Waals surface area contributed by atoms with Gasteiger partial charge in [-0.3, -0.25) is 4.79 Å². The summed E-state index contributed by atoms with van der Waals surface area (Å²) >= 11 is 0. The van der Waals surface area contributed by atoms with Crippen molar-refractivity contribution < 1.29 is 21.8 Å². The SMILES string of the molecule is C=CC[N+](C)(CC=C)N(C(C)=O)C(CCCCCCCCCCCC)CCCCCCCCCCCCC.[Cl-]. The average molecular weight is 569 g/mol. The summed E-state index contributed by atoms with van der Waals surface area (Å²) in [6, 6.07) is 0.310. The van der Waals surface area contributed by atoms with Gasteiger partial charge < -0.3 is 12.4 Å². The third-order valence-electron chi connectivity index (χ3n) is 8.27. The maximum absolute atomic E-state index is 13.0. The highest BCUT2D eigenvalue weighted by Gasteiger charge is 2.36. The molecule has 0 radical (unpaired) electrons. The summed E-state index contributed by atoms with van der Waals surface area (Å²) < 4.78 is 0.572. The van der Waals surface area contributed by atoms with E-state index in [1.54, 1.807) is 6.92 Å². The van der Waals surface area contributed by atoms with Crippen LogP contribution in [0.25, 0.3) is 0 Å². The van der Waals surface area contributed by atoms with Crippen molar-refractivity contribution in [3.8, 4) is 0 Å². The first-order valence-corrected chi connectivity index (χ1v) is 16.8. The van der Waals surface area contributed by atoms with Gasteiger partial charge in [0.25, 0.3) is 5.91 Å². The van der Waals surface area contributed by atoms with Crippen molar-refractivity contribution in [2.45, 2.75) is 174 Å². The molecule has 0 saturated carbocycles. The normalized spacial score (nSPS) is 12.1. The minimum atomic E-state index is 0. The van der Waals surface area contributed by atoms with Crippen LogP contribution in [-0.2, 0) is 4.79 Å². The standard InChI is InChI=1S/C35H69N2O.ClH/c1-7-11-13-15-17-19-21-23-25-27-29-31-35(30-28-26-24-22-20-18-16-14-12-8-2)36(34(5)38)37(6,32-9-3)33-10-4;/h9-10,35H,3-4,7-8,11-33H2,1-2,5-6H3;1H/q+1;/p-1. The number of carbonyl (C=O) groups excluding carboxylic acids is 1. The van der Waals surface area contributed by atoms with Crippen LogP contribution in [0.4, 0.5) is 0 Å². The Hall–Kier alpha value is -0.800. The first kappa shape index (κ1) is 40.3. The fourth-order valence-corrected chi connectivity index (χ4v) is 6.10. The first-order valence-electron chi connectivity index (χ1n) is 16.8. The van der Waals surface area contributed by atoms with E-state index in [1.807, 2.05) is 12.2 Å². The maximum Gasteiger partial charge on any atom is 0.264 e. The summed E-state index contributed by atoms with van der Waals surface area (Å²) in [5.41, 5.74) is 0. The van der Waals surface area contributed by atoms with Gasteiger partial charge in [0.1, 0.15) is 13.1 Å². The molecule has 0 aromatic carbocycles. The number of quaternary nitrogens is 1. The van der Waals surface area contributed by atoms with Crippen molar-refractivity contribution in [3.63, 3.8) is 0 Å². The summed E-state index contributed by atoms with van der Waals surface area (Å²) in [6.07, 6.45) is 34.7. The highest BCUT2D eigenvalue weighted by molar-refractivity contribution is 5.72. The van der Waals surface area contributed by atoms with E-state index in [0.29, 0.717) is 10.6 Å². The molecule has 0 spiro atoms. The van der Waals surface area contributed by atoms with Crippen LogP contribution in [0.3, 0.4) is 0 Å². The lowest BCUT2D eigenvalue weighted by molar-refractivity contribution is -1.00. The van der Waals surface area contributed by atoms with Crippen LogP contribution in [0.2, 0.25) is 0 Å². The Labute approximate surface area is 252 Å². The third kappa shape index (κ3) is 21.6. The van der Waals surface area contributed by atoms with Crippen molar-refractivity contribution in [2.24, 2.45) is 0 Å². The third-order valence-corrected chi connectivity index (χ3v) is 8.27. The van der Waals surface area contributed by atoms with Gasteiger partial charge >= 0.3 is 0 Å². The van der Waals surface area contributed by atoms with Crippen molar-refractivity contribution in [3.05, 3.63) is 25.3 Å². The van der Waals surface area contributed by atoms with Gasteiger partial charge in [0.15, 0.2) is 0 Å². The van der Waals surface area contributed by atoms with Crippen molar-refractivity contribution in [2.75, 3.05) is 20.1 Å². The van der Waals surface area contributed by atoms with Crippen LogP contribution in [0.15, 0.2) is 25.3 Å². The molecule has 0 fully saturated rings. The van der Waals surface area contributed by atoms with Gasteiger partial charge in [-0.15, -0.1) is 0 Å². The summed E-state index contributed by atoms with van der Waals surface area (Å²) in [7, 11) is 2.18. The largest absolute Gasteiger partial charge is 1.00 e. The number of amides is 1. The molecule has 0 aromatic heterocycles. The minimum Gasteiger partial charge on any atom is -1.00 e. The van der Waals surface area contributed by atoms with E-state index in [-0.39, 0.29) is 18.3 Å². The summed E-state index contributed by atoms with van der Waals surface area (Å²) in [4.78, 5) is 13.0. The number of carbonyl (C=O) groups is 1. The zero-order valence-corrected chi connectivity index (χ0v) is 27.8. The van der Waals surface area contributed by atoms with Gasteiger partial charge in [0.2, 0.25) is 0 Å². The van der Waals surface area contributed by atoms with Gasteiger partial charge in [-0.25, -0.2) is 4.59 Å². The summed E-state index contributed by atoms with van der Waals surface area (Å²) in [6.45, 7) is 15.9. The predicted molar refractivity (Wildman–Crippen MR) is 170 cm³/mol. The van der Waals surface area contributed by atoms with Gasteiger partial charge in [0.05, 0.1) is 13.1 Å². The second-order valence-electron chi connectivity index (χ2n) is 12.1. The molecule has 0 aromatic rings. The molecule has 1 atom stereocenters. The molecule has 0 rings (SSSR count). The molecule has 0 saturated heterocycles. The Morgan fingerprint density at radius 3 is 1.15 bits per heavy atom. The van der Waals surface area contributed by atoms with E-state index in [4.69, 9.17) is 0 Å². The number of likely N-dealkylation sites (N-methyl/N-ethyl adjacent to an activating group) is 1. The number of unbranched alkanes of at least 4 members (excludes halogenated alkanes) is 19. The zero-order chi connectivity index (χ0) is 28.3. The summed E-state index contributed by atoms with van der Waals surface area (Å²) in [5.74, 6) is 0.191. The lowest BCUT2D eigenvalue weighted by atomic mass is 9.98. The van der Waals surface area contributed by atoms with Crippen molar-refractivity contribution in [1.82, 2.24) is 5.01 Å². The Balaban J connectivity index is 0. The van der Waals surface area contributed by atoms with Crippen LogP contribution in [0.5, 0.6) is 0 Å². The van der Waals surface area contributed by atoms with Crippen molar-refractivity contribution >= 4 is 5.91 Å². The molecular weight excluding hydrogens is 500 g/mol. The van der Waals surface area contributed by atoms with E-state index in [0.717, 1.165) is 25.9 Å². The topological polar surface area (TPSA) is 20.3 Å². The fourth-order valence-electron chi connectivity index (χ4n) is 6.10. The van der Waals surface area contributed by atoms with E-state index in [9.17, 15) is 4.79 Å². The predicted octanol–water partition coefficient (Wildman–Crippen LogP) is 7.95. The summed E-state index contributed by atoms with van der Waals surface area (Å²) in [5, 5.41) is 2.17. The van der Waals surface area contributed by atoms with E-state index >= 15 is 0 Å². The molecule has 0 aliphatic rings. The second kappa shape index (κ2) is 28.7. The molecule has 39 heavy (non-hydrogen) atoms. The van der Waals surface area contributed by atoms with E-state index < -0.39 is 0 Å². The molecule has 0 aliphatic carbocycles. The molecule has 1 amide bonds. The van der Waals surface area contributed by atoms with Crippen LogP contribution < -0.4 is 12.4 Å². The number of halogens is 1. The number of hydrogen-bond acceptors (Lipinski definition) is 1. The zero-order valence-electron chi connectivity index (χ0n) is 27.0. The van der Waals surface area contributed by atoms with Gasteiger partial charge in [-0.2, -0.15) is 5.01 Å². The van der Waals surface area contributed by atoms with Gasteiger partial charge in [-0.05, 0) is 25.0 Å². The lowest BCUT2D eigenvalue weighted by Crippen LogP contribution is -3.00. The Morgan fingerprint density at radius 2 is 0.897 bits per heavy atom. The first-order chi connectivity index (χ1) is 18.5. The average Bonchev–Trinajstić information content (AvgIpc) is 2.88. The van der Waals surface area contributed by atoms with Gasteiger partial charge in [0, 0.05) is 6.92 Å². The Bertz CT molecular complexity index is 555. The fraction of sp³-hybridized carbons (Fsp3) is 0.857. The Morgan fingerprint density at radius 1 is 0.615 bits per heavy atom. The lowest BCUT2D eigenvalue weighted by Gasteiger charge is -2.45. The molecule has 1 unspecified atom stereocenters. The van der Waals surface area contributed by atoms with E-state index in [1.165, 1.54) is 135 Å². The quantitative estimate of drug-likeness (QED) is 0.0388. The molecule has 0 N–H and O–H groups in total. The molecule has 232 valence electrons. The number of hydrogen-bond donors (Lipinski definition) is 0. The number of nitrogens with zero attached hydrogens (tertiary/aromatic N) is 2. The second-order valence-corrected chi connectivity index (χ2v) is 12.1. The number of rotatable bonds is 29. The highest BCUT2D eigenvalue weighted by Crippen LogP contribution is 2.25. The molecule has 0 aliphatic heterocycles. The molecule has 3 nitrogen and oxygen atoms in total. The van der Waals surface area contributed by atoms with Gasteiger partial charge in [-0.1, -0.05) is 162 Å². The van der Waals surface area contributed by atoms with Crippen LogP contribution in [0, 0.1) is 0 Å². The Kier molecular flexibility index (Phi) is 29.7. The smallest absolute Gasteiger partial charge is 0.264 e. The van der Waals surface area contributed by atoms with Crippen LogP contribution in [-0.4, -0.2) is 41.7 Å². The molecular formula is C35H69ClN2O. The van der Waals surface area contributed by atoms with Crippen LogP contribution >= 0.6 is 0 Å². The van der Waals surface area contributed by atoms with Crippen molar-refractivity contribution in [1.29, 1.82) is 0 Å². The molecule has 4 heteroatoms. The minimum absolute atomic E-state index is 0. The maximum atomic E-state index is 13.0. The van der Waals surface area contributed by atoms with E-state index in [2.05, 4.69) is 39.1 Å². The monoisotopic (exact) mass is 569 g/mol. The highest BCUT2D eigenvalue weighted by atomic mass is 35.5. The van der Waals surface area contributed by atoms with Crippen LogP contribution in [0.1, 0.15) is 168 Å². The molecule has 0 bridgehead atoms. The molecule has 0 heterocycles.